The van der Waals surface area contributed by atoms with Crippen molar-refractivity contribution in [2.75, 3.05) is 38.2 Å². The number of guanidine groups is 1. The number of hydrogen-bond donors (Lipinski definition) is 2. The second-order valence-electron chi connectivity index (χ2n) is 7.95. The van der Waals surface area contributed by atoms with Gasteiger partial charge in [-0.1, -0.05) is 20.8 Å². The second kappa shape index (κ2) is 9.16. The maximum atomic E-state index is 6.07. The lowest BCUT2D eigenvalue weighted by Crippen LogP contribution is -2.48. The normalized spacial score (nSPS) is 27.7. The Bertz CT molecular complexity index is 375. The molecule has 0 saturated carbocycles. The van der Waals surface area contributed by atoms with Gasteiger partial charge < -0.3 is 15.4 Å². The lowest BCUT2D eigenvalue weighted by Gasteiger charge is -2.40. The van der Waals surface area contributed by atoms with Crippen LogP contribution in [0.25, 0.3) is 0 Å². The van der Waals surface area contributed by atoms with Crippen molar-refractivity contribution in [3.8, 4) is 0 Å². The molecule has 0 amide bonds. The van der Waals surface area contributed by atoms with Crippen LogP contribution in [0.1, 0.15) is 46.5 Å². The Morgan fingerprint density at radius 1 is 1.13 bits per heavy atom. The molecule has 2 fully saturated rings. The molecule has 4 nitrogen and oxygen atoms in total. The highest BCUT2D eigenvalue weighted by Crippen LogP contribution is 2.33. The average Bonchev–Trinajstić information content (AvgIpc) is 2.55. The van der Waals surface area contributed by atoms with Crippen LogP contribution in [0.3, 0.4) is 0 Å². The maximum Gasteiger partial charge on any atom is 0.190 e. The monoisotopic (exact) mass is 341 g/mol. The first-order valence-electron chi connectivity index (χ1n) is 9.14. The van der Waals surface area contributed by atoms with Crippen LogP contribution >= 0.6 is 11.8 Å². The third kappa shape index (κ3) is 6.18. The van der Waals surface area contributed by atoms with Crippen LogP contribution < -0.4 is 10.6 Å². The summed E-state index contributed by atoms with van der Waals surface area (Å²) in [5, 5.41) is 7.06. The largest absolute Gasteiger partial charge is 0.377 e. The van der Waals surface area contributed by atoms with Gasteiger partial charge in [-0.05, 0) is 48.5 Å². The summed E-state index contributed by atoms with van der Waals surface area (Å²) in [5.41, 5.74) is 0.198. The van der Waals surface area contributed by atoms with Gasteiger partial charge in [0.25, 0.3) is 0 Å². The molecule has 134 valence electrons. The van der Waals surface area contributed by atoms with Crippen LogP contribution in [-0.4, -0.2) is 50.3 Å². The first-order valence-corrected chi connectivity index (χ1v) is 10.3. The Morgan fingerprint density at radius 2 is 1.83 bits per heavy atom. The fraction of sp³-hybridized carbons (Fsp3) is 0.944. The number of aliphatic imine (C=N–C) groups is 1. The molecule has 0 bridgehead atoms. The lowest BCUT2D eigenvalue weighted by atomic mass is 9.78. The summed E-state index contributed by atoms with van der Waals surface area (Å²) < 4.78 is 6.07. The quantitative estimate of drug-likeness (QED) is 0.609. The zero-order chi connectivity index (χ0) is 16.7. The van der Waals surface area contributed by atoms with Gasteiger partial charge in [-0.2, -0.15) is 11.8 Å². The molecule has 0 aromatic carbocycles. The Labute approximate surface area is 146 Å². The molecule has 2 unspecified atom stereocenters. The minimum absolute atomic E-state index is 0.198. The van der Waals surface area contributed by atoms with E-state index in [1.54, 1.807) is 0 Å². The van der Waals surface area contributed by atoms with E-state index in [2.05, 4.69) is 48.2 Å². The van der Waals surface area contributed by atoms with Gasteiger partial charge in [-0.3, -0.25) is 4.99 Å². The molecule has 5 heteroatoms. The van der Waals surface area contributed by atoms with E-state index in [4.69, 9.17) is 4.74 Å². The molecule has 2 rings (SSSR count). The molecule has 2 heterocycles. The Kier molecular flexibility index (Phi) is 7.54. The molecule has 2 N–H and O–H groups in total. The number of thioether (sulfide) groups is 1. The van der Waals surface area contributed by atoms with Gasteiger partial charge in [0.15, 0.2) is 5.96 Å². The van der Waals surface area contributed by atoms with E-state index < -0.39 is 0 Å². The van der Waals surface area contributed by atoms with Gasteiger partial charge in [0, 0.05) is 32.7 Å². The number of hydrogen-bond acceptors (Lipinski definition) is 3. The van der Waals surface area contributed by atoms with Crippen LogP contribution in [-0.2, 0) is 4.74 Å². The second-order valence-corrected chi connectivity index (χ2v) is 9.17. The van der Waals surface area contributed by atoms with Gasteiger partial charge in [-0.15, -0.1) is 0 Å². The third-order valence-corrected chi connectivity index (χ3v) is 6.00. The van der Waals surface area contributed by atoms with E-state index in [1.165, 1.54) is 37.2 Å². The average molecular weight is 342 g/mol. The molecular formula is C18H35N3OS. The summed E-state index contributed by atoms with van der Waals surface area (Å²) >= 11 is 2.08. The maximum absolute atomic E-state index is 6.07. The first-order chi connectivity index (χ1) is 11.0. The summed E-state index contributed by atoms with van der Waals surface area (Å²) in [5.74, 6) is 4.93. The van der Waals surface area contributed by atoms with Crippen molar-refractivity contribution >= 4 is 17.7 Å². The zero-order valence-electron chi connectivity index (χ0n) is 15.4. The van der Waals surface area contributed by atoms with E-state index in [0.29, 0.717) is 12.0 Å². The van der Waals surface area contributed by atoms with Gasteiger partial charge in [-0.25, -0.2) is 0 Å². The van der Waals surface area contributed by atoms with Crippen molar-refractivity contribution in [2.24, 2.45) is 22.2 Å². The van der Waals surface area contributed by atoms with E-state index in [-0.39, 0.29) is 5.41 Å². The van der Waals surface area contributed by atoms with Crippen LogP contribution in [0, 0.1) is 17.3 Å². The van der Waals surface area contributed by atoms with Crippen LogP contribution in [0.5, 0.6) is 0 Å². The van der Waals surface area contributed by atoms with Gasteiger partial charge in [0.2, 0.25) is 0 Å². The van der Waals surface area contributed by atoms with Crippen molar-refractivity contribution in [3.63, 3.8) is 0 Å². The highest BCUT2D eigenvalue weighted by Gasteiger charge is 2.35. The van der Waals surface area contributed by atoms with Gasteiger partial charge >= 0.3 is 0 Å². The Hall–Kier alpha value is -0.420. The molecule has 0 aromatic heterocycles. The van der Waals surface area contributed by atoms with Gasteiger partial charge in [0.05, 0.1) is 6.10 Å². The predicted molar refractivity (Wildman–Crippen MR) is 101 cm³/mol. The number of nitrogens with one attached hydrogen (secondary N) is 2. The van der Waals surface area contributed by atoms with E-state index in [1.807, 2.05) is 7.05 Å². The summed E-state index contributed by atoms with van der Waals surface area (Å²) in [6.45, 7) is 9.75. The smallest absolute Gasteiger partial charge is 0.190 e. The predicted octanol–water partition coefficient (Wildman–Crippen LogP) is 3.14. The minimum Gasteiger partial charge on any atom is -0.377 e. The van der Waals surface area contributed by atoms with E-state index in [0.717, 1.165) is 31.6 Å². The first kappa shape index (κ1) is 18.9. The molecular weight excluding hydrogens is 306 g/mol. The summed E-state index contributed by atoms with van der Waals surface area (Å²) in [6, 6.07) is 0. The molecule has 23 heavy (non-hydrogen) atoms. The van der Waals surface area contributed by atoms with Gasteiger partial charge in [0.1, 0.15) is 0 Å². The molecule has 2 aliphatic heterocycles. The molecule has 2 aliphatic rings. The minimum atomic E-state index is 0.198. The van der Waals surface area contributed by atoms with Crippen molar-refractivity contribution < 1.29 is 4.74 Å². The molecule has 0 radical (unpaired) electrons. The standard InChI is InChI=1S/C18H35N3OS/c1-18(2,3)16-15(6-5-9-22-16)13-21-17(19-4)20-12-14-7-10-23-11-8-14/h14-16H,5-13H2,1-4H3,(H2,19,20,21). The molecule has 0 aromatic rings. The number of rotatable bonds is 4. The molecule has 2 atom stereocenters. The van der Waals surface area contributed by atoms with Crippen molar-refractivity contribution in [2.45, 2.75) is 52.6 Å². The van der Waals surface area contributed by atoms with Crippen LogP contribution in [0.2, 0.25) is 0 Å². The lowest BCUT2D eigenvalue weighted by molar-refractivity contribution is -0.0835. The summed E-state index contributed by atoms with van der Waals surface area (Å²) in [7, 11) is 1.87. The highest BCUT2D eigenvalue weighted by atomic mass is 32.2. The van der Waals surface area contributed by atoms with Crippen LogP contribution in [0.15, 0.2) is 4.99 Å². The van der Waals surface area contributed by atoms with Crippen molar-refractivity contribution in [1.82, 2.24) is 10.6 Å². The number of nitrogens with zero attached hydrogens (tertiary/aromatic N) is 1. The van der Waals surface area contributed by atoms with Crippen molar-refractivity contribution in [1.29, 1.82) is 0 Å². The summed E-state index contributed by atoms with van der Waals surface area (Å²) in [4.78, 5) is 4.39. The topological polar surface area (TPSA) is 45.7 Å². The van der Waals surface area contributed by atoms with E-state index >= 15 is 0 Å². The fourth-order valence-electron chi connectivity index (χ4n) is 3.65. The third-order valence-electron chi connectivity index (χ3n) is 4.95. The Morgan fingerprint density at radius 3 is 2.48 bits per heavy atom. The molecule has 0 aliphatic carbocycles. The zero-order valence-corrected chi connectivity index (χ0v) is 16.2. The SMILES string of the molecule is CN=C(NCC1CCSCC1)NCC1CCCOC1C(C)(C)C. The Balaban J connectivity index is 1.77. The fourth-order valence-corrected chi connectivity index (χ4v) is 4.85. The molecule has 2 saturated heterocycles. The highest BCUT2D eigenvalue weighted by molar-refractivity contribution is 7.99. The molecule has 0 spiro atoms. The van der Waals surface area contributed by atoms with Crippen molar-refractivity contribution in [3.05, 3.63) is 0 Å². The van der Waals surface area contributed by atoms with E-state index in [9.17, 15) is 0 Å². The van der Waals surface area contributed by atoms with Crippen LogP contribution in [0.4, 0.5) is 0 Å². The summed E-state index contributed by atoms with van der Waals surface area (Å²) in [6.07, 6.45) is 5.41. The number of ether oxygens (including phenoxy) is 1.